The normalized spacial score (nSPS) is 17.6. The molecule has 8 heteroatoms. The molecule has 6 nitrogen and oxygen atoms in total. The summed E-state index contributed by atoms with van der Waals surface area (Å²) in [6.07, 6.45) is 4.23. The highest BCUT2D eigenvalue weighted by Gasteiger charge is 2.33. The van der Waals surface area contributed by atoms with E-state index in [9.17, 15) is 13.5 Å². The molecule has 0 bridgehead atoms. The van der Waals surface area contributed by atoms with E-state index in [1.165, 1.54) is 11.3 Å². The minimum Gasteiger partial charge on any atom is -0.387 e. The molecule has 1 aromatic carbocycles. The van der Waals surface area contributed by atoms with Gasteiger partial charge < -0.3 is 5.11 Å². The molecule has 3 aromatic rings. The van der Waals surface area contributed by atoms with E-state index in [0.29, 0.717) is 30.8 Å². The van der Waals surface area contributed by atoms with Gasteiger partial charge in [0.25, 0.3) is 0 Å². The van der Waals surface area contributed by atoms with Crippen molar-refractivity contribution in [3.05, 3.63) is 64.6 Å². The molecule has 1 saturated heterocycles. The van der Waals surface area contributed by atoms with Gasteiger partial charge in [0, 0.05) is 30.4 Å². The van der Waals surface area contributed by atoms with E-state index in [1.54, 1.807) is 33.5 Å². The van der Waals surface area contributed by atoms with Gasteiger partial charge in [-0.25, -0.2) is 13.1 Å². The number of thiophene rings is 1. The summed E-state index contributed by atoms with van der Waals surface area (Å²) in [6, 6.07) is 11.0. The lowest BCUT2D eigenvalue weighted by atomic mass is 9.91. The zero-order valence-electron chi connectivity index (χ0n) is 15.6. The summed E-state index contributed by atoms with van der Waals surface area (Å²) in [4.78, 5) is 1.27. The Balaban J connectivity index is 1.53. The number of sulfonamides is 1. The molecule has 0 spiro atoms. The van der Waals surface area contributed by atoms with E-state index in [4.69, 9.17) is 0 Å². The first-order valence-corrected chi connectivity index (χ1v) is 11.6. The van der Waals surface area contributed by atoms with Crippen molar-refractivity contribution in [1.82, 2.24) is 14.1 Å². The number of aromatic nitrogens is 2. The molecule has 1 N–H and O–H groups in total. The van der Waals surface area contributed by atoms with Gasteiger partial charge in [-0.3, -0.25) is 0 Å². The van der Waals surface area contributed by atoms with Crippen molar-refractivity contribution < 1.29 is 13.5 Å². The van der Waals surface area contributed by atoms with Crippen LogP contribution in [0.1, 0.15) is 29.4 Å². The van der Waals surface area contributed by atoms with E-state index in [2.05, 4.69) is 5.10 Å². The molecule has 1 atom stereocenters. The molecule has 0 aliphatic carbocycles. The summed E-state index contributed by atoms with van der Waals surface area (Å²) in [5, 5.41) is 16.7. The van der Waals surface area contributed by atoms with Crippen molar-refractivity contribution in [3.63, 3.8) is 0 Å². The fourth-order valence-electron chi connectivity index (χ4n) is 3.69. The van der Waals surface area contributed by atoms with Gasteiger partial charge in [-0.15, -0.1) is 11.3 Å². The Morgan fingerprint density at radius 3 is 2.64 bits per heavy atom. The van der Waals surface area contributed by atoms with E-state index in [0.717, 1.165) is 16.1 Å². The number of aliphatic hydroxyl groups excluding tert-OH is 1. The third-order valence-electron chi connectivity index (χ3n) is 5.34. The lowest BCUT2D eigenvalue weighted by Gasteiger charge is -2.33. The minimum absolute atomic E-state index is 0.0848. The number of aliphatic hydroxyl groups is 1. The summed E-state index contributed by atoms with van der Waals surface area (Å²) in [5.41, 5.74) is 1.44. The molecule has 2 aromatic heterocycles. The van der Waals surface area contributed by atoms with E-state index in [-0.39, 0.29) is 5.92 Å². The van der Waals surface area contributed by atoms with Gasteiger partial charge in [-0.1, -0.05) is 12.1 Å². The average molecular weight is 418 g/mol. The molecule has 148 valence electrons. The van der Waals surface area contributed by atoms with Crippen LogP contribution in [0.15, 0.2) is 59.1 Å². The van der Waals surface area contributed by atoms with Crippen LogP contribution < -0.4 is 0 Å². The first-order valence-electron chi connectivity index (χ1n) is 9.29. The SMILES string of the molecule is Cc1ccc(-n2cccn2)cc1S(=O)(=O)N1CCC(C(O)c2cccs2)CC1. The van der Waals surface area contributed by atoms with Crippen LogP contribution in [0.4, 0.5) is 0 Å². The maximum absolute atomic E-state index is 13.3. The summed E-state index contributed by atoms with van der Waals surface area (Å²) in [7, 11) is -3.60. The lowest BCUT2D eigenvalue weighted by molar-refractivity contribution is 0.0788. The number of aryl methyl sites for hydroxylation is 1. The third kappa shape index (κ3) is 3.65. The number of benzene rings is 1. The van der Waals surface area contributed by atoms with E-state index in [1.807, 2.05) is 36.6 Å². The van der Waals surface area contributed by atoms with Crippen LogP contribution in [0.25, 0.3) is 5.69 Å². The molecule has 1 fully saturated rings. The Morgan fingerprint density at radius 1 is 1.21 bits per heavy atom. The second-order valence-corrected chi connectivity index (χ2v) is 9.99. The van der Waals surface area contributed by atoms with Crippen LogP contribution in [-0.4, -0.2) is 40.7 Å². The van der Waals surface area contributed by atoms with Gasteiger partial charge in [0.05, 0.1) is 16.7 Å². The smallest absolute Gasteiger partial charge is 0.243 e. The first kappa shape index (κ1) is 19.3. The summed E-state index contributed by atoms with van der Waals surface area (Å²) < 4.78 is 29.7. The highest BCUT2D eigenvalue weighted by Crippen LogP contribution is 2.35. The maximum atomic E-state index is 13.3. The number of nitrogens with zero attached hydrogens (tertiary/aromatic N) is 3. The molecular weight excluding hydrogens is 394 g/mol. The maximum Gasteiger partial charge on any atom is 0.243 e. The van der Waals surface area contributed by atoms with E-state index >= 15 is 0 Å². The van der Waals surface area contributed by atoms with Crippen LogP contribution in [0.5, 0.6) is 0 Å². The molecule has 0 amide bonds. The summed E-state index contributed by atoms with van der Waals surface area (Å²) >= 11 is 1.54. The summed E-state index contributed by atoms with van der Waals surface area (Å²) in [6.45, 7) is 2.65. The number of piperidine rings is 1. The largest absolute Gasteiger partial charge is 0.387 e. The second kappa shape index (κ2) is 7.79. The molecule has 0 saturated carbocycles. The third-order valence-corrected chi connectivity index (χ3v) is 8.32. The Bertz CT molecular complexity index is 1020. The highest BCUT2D eigenvalue weighted by atomic mass is 32.2. The zero-order valence-corrected chi connectivity index (χ0v) is 17.2. The standard InChI is InChI=1S/C20H23N3O3S2/c1-15-5-6-17(23-10-3-9-21-23)14-19(15)28(25,26)22-11-7-16(8-12-22)20(24)18-4-2-13-27-18/h2-6,9-10,13-14,16,20,24H,7-8,11-12H2,1H3. The van der Waals surface area contributed by atoms with Crippen molar-refractivity contribution in [2.24, 2.45) is 5.92 Å². The number of rotatable bonds is 5. The molecule has 1 aliphatic rings. The predicted octanol–water partition coefficient (Wildman–Crippen LogP) is 3.38. The monoisotopic (exact) mass is 417 g/mol. The van der Waals surface area contributed by atoms with Gasteiger partial charge in [0.2, 0.25) is 10.0 Å². The van der Waals surface area contributed by atoms with Crippen molar-refractivity contribution in [2.45, 2.75) is 30.8 Å². The average Bonchev–Trinajstić information content (AvgIpc) is 3.42. The highest BCUT2D eigenvalue weighted by molar-refractivity contribution is 7.89. The zero-order chi connectivity index (χ0) is 19.7. The van der Waals surface area contributed by atoms with Gasteiger partial charge in [0.15, 0.2) is 0 Å². The molecule has 1 unspecified atom stereocenters. The van der Waals surface area contributed by atoms with Crippen LogP contribution in [-0.2, 0) is 10.0 Å². The van der Waals surface area contributed by atoms with Crippen molar-refractivity contribution in [1.29, 1.82) is 0 Å². The van der Waals surface area contributed by atoms with Crippen LogP contribution in [0.2, 0.25) is 0 Å². The van der Waals surface area contributed by atoms with Gasteiger partial charge >= 0.3 is 0 Å². The minimum atomic E-state index is -3.60. The second-order valence-electron chi connectivity index (χ2n) is 7.10. The molecule has 0 radical (unpaired) electrons. The van der Waals surface area contributed by atoms with Crippen molar-refractivity contribution in [3.8, 4) is 5.69 Å². The van der Waals surface area contributed by atoms with Gasteiger partial charge in [-0.2, -0.15) is 9.40 Å². The molecule has 28 heavy (non-hydrogen) atoms. The predicted molar refractivity (Wildman–Crippen MR) is 109 cm³/mol. The van der Waals surface area contributed by atoms with Crippen LogP contribution in [0.3, 0.4) is 0 Å². The lowest BCUT2D eigenvalue weighted by Crippen LogP contribution is -2.40. The Morgan fingerprint density at radius 2 is 2.00 bits per heavy atom. The van der Waals surface area contributed by atoms with Crippen LogP contribution >= 0.6 is 11.3 Å². The number of hydrogen-bond acceptors (Lipinski definition) is 5. The Kier molecular flexibility index (Phi) is 5.37. The first-order chi connectivity index (χ1) is 13.5. The fraction of sp³-hybridized carbons (Fsp3) is 0.350. The Labute approximate surface area is 169 Å². The topological polar surface area (TPSA) is 75.4 Å². The van der Waals surface area contributed by atoms with E-state index < -0.39 is 16.1 Å². The van der Waals surface area contributed by atoms with Crippen molar-refractivity contribution >= 4 is 21.4 Å². The Hall–Kier alpha value is -2.00. The molecular formula is C20H23N3O3S2. The molecule has 3 heterocycles. The molecule has 4 rings (SSSR count). The fourth-order valence-corrected chi connectivity index (χ4v) is 6.21. The van der Waals surface area contributed by atoms with Crippen molar-refractivity contribution in [2.75, 3.05) is 13.1 Å². The number of hydrogen-bond donors (Lipinski definition) is 1. The molecule has 1 aliphatic heterocycles. The van der Waals surface area contributed by atoms with Gasteiger partial charge in [-0.05, 0) is 60.9 Å². The summed E-state index contributed by atoms with van der Waals surface area (Å²) in [5.74, 6) is 0.0848. The quantitative estimate of drug-likeness (QED) is 0.691. The van der Waals surface area contributed by atoms with Crippen LogP contribution in [0, 0.1) is 12.8 Å². The van der Waals surface area contributed by atoms with Gasteiger partial charge in [0.1, 0.15) is 0 Å².